The fourth-order valence-corrected chi connectivity index (χ4v) is 3.80. The van der Waals surface area contributed by atoms with Gasteiger partial charge in [-0.3, -0.25) is 4.79 Å². The minimum atomic E-state index is -0.421. The first-order valence-corrected chi connectivity index (χ1v) is 8.06. The van der Waals surface area contributed by atoms with Crippen LogP contribution in [0.1, 0.15) is 21.8 Å². The van der Waals surface area contributed by atoms with E-state index in [1.54, 1.807) is 18.4 Å². The second-order valence-electron chi connectivity index (χ2n) is 6.36. The Morgan fingerprint density at radius 3 is 2.72 bits per heavy atom. The molecule has 2 unspecified atom stereocenters. The van der Waals surface area contributed by atoms with Crippen LogP contribution in [0.3, 0.4) is 0 Å². The van der Waals surface area contributed by atoms with Gasteiger partial charge in [0.2, 0.25) is 6.79 Å². The van der Waals surface area contributed by atoms with Crippen LogP contribution in [0, 0.1) is 0 Å². The highest BCUT2D eigenvalue weighted by Crippen LogP contribution is 2.48. The summed E-state index contributed by atoms with van der Waals surface area (Å²) >= 11 is 0. The lowest BCUT2D eigenvalue weighted by Crippen LogP contribution is -2.42. The van der Waals surface area contributed by atoms with E-state index in [1.807, 2.05) is 18.2 Å². The quantitative estimate of drug-likeness (QED) is 0.628. The van der Waals surface area contributed by atoms with E-state index in [1.165, 1.54) is 0 Å². The van der Waals surface area contributed by atoms with Crippen LogP contribution in [0.2, 0.25) is 0 Å². The number of benzene rings is 2. The summed E-state index contributed by atoms with van der Waals surface area (Å²) in [5.41, 5.74) is 2.05. The maximum Gasteiger partial charge on any atom is 0.231 e. The lowest BCUT2D eigenvalue weighted by molar-refractivity contribution is 0.0561. The molecule has 6 nitrogen and oxygen atoms in total. The van der Waals surface area contributed by atoms with Crippen molar-refractivity contribution in [2.75, 3.05) is 13.4 Å². The zero-order valence-electron chi connectivity index (χ0n) is 13.0. The van der Waals surface area contributed by atoms with Gasteiger partial charge in [0.1, 0.15) is 29.8 Å². The topological polar surface area (TPSA) is 67.1 Å². The third kappa shape index (κ3) is 1.71. The van der Waals surface area contributed by atoms with E-state index in [4.69, 9.17) is 23.4 Å². The van der Waals surface area contributed by atoms with E-state index in [9.17, 15) is 4.79 Å². The summed E-state index contributed by atoms with van der Waals surface area (Å²) in [6.45, 7) is 0.483. The minimum Gasteiger partial charge on any atom is -0.489 e. The molecule has 0 bridgehead atoms. The first kappa shape index (κ1) is 13.2. The van der Waals surface area contributed by atoms with E-state index in [-0.39, 0.29) is 18.7 Å². The van der Waals surface area contributed by atoms with Crippen LogP contribution in [0.15, 0.2) is 41.0 Å². The van der Waals surface area contributed by atoms with E-state index < -0.39 is 5.92 Å². The number of ether oxygens (including phenoxy) is 4. The van der Waals surface area contributed by atoms with Gasteiger partial charge in [-0.05, 0) is 18.2 Å². The fraction of sp³-hybridized carbons (Fsp3) is 0.211. The maximum atomic E-state index is 13.2. The largest absolute Gasteiger partial charge is 0.489 e. The van der Waals surface area contributed by atoms with Crippen molar-refractivity contribution in [3.63, 3.8) is 0 Å². The van der Waals surface area contributed by atoms with Gasteiger partial charge in [0.05, 0.1) is 17.7 Å². The normalized spacial score (nSPS) is 22.6. The molecule has 0 spiro atoms. The SMILES string of the molecule is O=C1c2cc3ccoc3cc2OC2COc3cc4c(cc3C12)OCO4. The zero-order valence-corrected chi connectivity index (χ0v) is 13.0. The lowest BCUT2D eigenvalue weighted by Gasteiger charge is -2.36. The van der Waals surface area contributed by atoms with Gasteiger partial charge < -0.3 is 23.4 Å². The third-order valence-electron chi connectivity index (χ3n) is 5.00. The number of hydrogen-bond donors (Lipinski definition) is 0. The van der Waals surface area contributed by atoms with E-state index in [0.717, 1.165) is 10.9 Å². The summed E-state index contributed by atoms with van der Waals surface area (Å²) in [6.07, 6.45) is 1.23. The molecule has 124 valence electrons. The average molecular weight is 336 g/mol. The van der Waals surface area contributed by atoms with Crippen molar-refractivity contribution in [2.24, 2.45) is 0 Å². The molecule has 0 amide bonds. The zero-order chi connectivity index (χ0) is 16.5. The molecular weight excluding hydrogens is 324 g/mol. The monoisotopic (exact) mass is 336 g/mol. The molecule has 0 saturated carbocycles. The Labute approximate surface area is 141 Å². The first-order chi connectivity index (χ1) is 12.3. The third-order valence-corrected chi connectivity index (χ3v) is 5.00. The lowest BCUT2D eigenvalue weighted by atomic mass is 9.82. The van der Waals surface area contributed by atoms with Gasteiger partial charge in [-0.2, -0.15) is 0 Å². The van der Waals surface area contributed by atoms with Gasteiger partial charge in [0.15, 0.2) is 17.3 Å². The number of furan rings is 1. The molecule has 6 rings (SSSR count). The molecule has 4 heterocycles. The van der Waals surface area contributed by atoms with Gasteiger partial charge in [-0.15, -0.1) is 0 Å². The van der Waals surface area contributed by atoms with Gasteiger partial charge in [0, 0.05) is 23.1 Å². The van der Waals surface area contributed by atoms with Gasteiger partial charge in [-0.25, -0.2) is 0 Å². The predicted molar refractivity (Wildman–Crippen MR) is 85.8 cm³/mol. The second-order valence-corrected chi connectivity index (χ2v) is 6.36. The molecule has 1 aromatic heterocycles. The second kappa shape index (κ2) is 4.47. The average Bonchev–Trinajstić information content (AvgIpc) is 3.26. The number of hydrogen-bond acceptors (Lipinski definition) is 6. The van der Waals surface area contributed by atoms with Crippen molar-refractivity contribution in [3.05, 3.63) is 47.7 Å². The van der Waals surface area contributed by atoms with Crippen LogP contribution in [0.25, 0.3) is 11.0 Å². The number of rotatable bonds is 0. The van der Waals surface area contributed by atoms with Crippen molar-refractivity contribution >= 4 is 16.8 Å². The van der Waals surface area contributed by atoms with Crippen molar-refractivity contribution in [1.29, 1.82) is 0 Å². The molecule has 0 fully saturated rings. The van der Waals surface area contributed by atoms with Crippen molar-refractivity contribution in [2.45, 2.75) is 12.0 Å². The van der Waals surface area contributed by atoms with Gasteiger partial charge in [-0.1, -0.05) is 0 Å². The van der Waals surface area contributed by atoms with Crippen molar-refractivity contribution < 1.29 is 28.2 Å². The fourth-order valence-electron chi connectivity index (χ4n) is 3.80. The summed E-state index contributed by atoms with van der Waals surface area (Å²) in [5.74, 6) is 2.07. The molecule has 3 aliphatic heterocycles. The Kier molecular flexibility index (Phi) is 2.36. The number of carbonyl (C=O) groups is 1. The molecule has 3 aromatic rings. The summed E-state index contributed by atoms with van der Waals surface area (Å²) in [5, 5.41) is 0.882. The smallest absolute Gasteiger partial charge is 0.231 e. The minimum absolute atomic E-state index is 0.0257. The van der Waals surface area contributed by atoms with Crippen LogP contribution >= 0.6 is 0 Å². The van der Waals surface area contributed by atoms with Crippen molar-refractivity contribution in [3.8, 4) is 23.0 Å². The first-order valence-electron chi connectivity index (χ1n) is 8.06. The summed E-state index contributed by atoms with van der Waals surface area (Å²) in [6, 6.07) is 9.06. The molecule has 3 aliphatic rings. The highest BCUT2D eigenvalue weighted by Gasteiger charge is 2.44. The summed E-state index contributed by atoms with van der Waals surface area (Å²) < 4.78 is 28.2. The summed E-state index contributed by atoms with van der Waals surface area (Å²) in [4.78, 5) is 13.2. The molecule has 0 radical (unpaired) electrons. The number of fused-ring (bicyclic) bond motifs is 6. The number of ketones is 1. The highest BCUT2D eigenvalue weighted by molar-refractivity contribution is 6.07. The Morgan fingerprint density at radius 2 is 1.80 bits per heavy atom. The van der Waals surface area contributed by atoms with Crippen LogP contribution in [-0.2, 0) is 0 Å². The Morgan fingerprint density at radius 1 is 0.920 bits per heavy atom. The highest BCUT2D eigenvalue weighted by atomic mass is 16.7. The molecule has 25 heavy (non-hydrogen) atoms. The number of carbonyl (C=O) groups excluding carboxylic acids is 1. The van der Waals surface area contributed by atoms with Crippen LogP contribution < -0.4 is 18.9 Å². The summed E-state index contributed by atoms with van der Waals surface area (Å²) in [7, 11) is 0. The van der Waals surface area contributed by atoms with Crippen LogP contribution in [0.4, 0.5) is 0 Å². The number of Topliss-reactive ketones (excluding diaryl/α,β-unsaturated/α-hetero) is 1. The van der Waals surface area contributed by atoms with Gasteiger partial charge >= 0.3 is 0 Å². The van der Waals surface area contributed by atoms with Crippen LogP contribution in [0.5, 0.6) is 23.0 Å². The predicted octanol–water partition coefficient (Wildman–Crippen LogP) is 3.28. The van der Waals surface area contributed by atoms with Crippen LogP contribution in [-0.4, -0.2) is 25.3 Å². The molecule has 2 aromatic carbocycles. The standard InChI is InChI=1S/C19H12O6/c20-19-11-3-9-1-2-21-12(9)5-14(11)25-17-7-22-13-6-16-15(23-8-24-16)4-10(13)18(17)19/h1-6,17-18H,7-8H2. The van der Waals surface area contributed by atoms with Gasteiger partial charge in [0.25, 0.3) is 0 Å². The molecule has 6 heteroatoms. The molecular formula is C19H12O6. The van der Waals surface area contributed by atoms with Crippen molar-refractivity contribution in [1.82, 2.24) is 0 Å². The molecule has 0 N–H and O–H groups in total. The maximum absolute atomic E-state index is 13.2. The molecule has 0 aliphatic carbocycles. The molecule has 2 atom stereocenters. The Bertz CT molecular complexity index is 1050. The Balaban J connectivity index is 1.52. The van der Waals surface area contributed by atoms with E-state index in [2.05, 4.69) is 0 Å². The molecule has 0 saturated heterocycles. The van der Waals surface area contributed by atoms with E-state index in [0.29, 0.717) is 40.8 Å². The Hall–Kier alpha value is -3.15. The van der Waals surface area contributed by atoms with E-state index >= 15 is 0 Å².